The summed E-state index contributed by atoms with van der Waals surface area (Å²) in [5.74, 6) is -0.728. The summed E-state index contributed by atoms with van der Waals surface area (Å²) in [5, 5.41) is 8.96. The quantitative estimate of drug-likeness (QED) is 0.836. The van der Waals surface area contributed by atoms with Crippen molar-refractivity contribution in [2.45, 2.75) is 25.2 Å². The van der Waals surface area contributed by atoms with Crippen LogP contribution in [0.25, 0.3) is 0 Å². The molecule has 0 amide bonds. The number of methoxy groups -OCH3 is 1. The summed E-state index contributed by atoms with van der Waals surface area (Å²) in [7, 11) is -2.43. The van der Waals surface area contributed by atoms with Crippen LogP contribution in [0.1, 0.15) is 16.7 Å². The van der Waals surface area contributed by atoms with Gasteiger partial charge in [-0.15, -0.1) is 0 Å². The van der Waals surface area contributed by atoms with Gasteiger partial charge in [-0.1, -0.05) is 12.1 Å². The maximum atomic E-state index is 12.6. The van der Waals surface area contributed by atoms with E-state index in [2.05, 4.69) is 4.72 Å². The Morgan fingerprint density at radius 3 is 2.50 bits per heavy atom. The first-order chi connectivity index (χ1) is 11.2. The number of carboxylic acids is 1. The SMILES string of the molecule is COc1ccc(S(=O)(=O)Nc2cc(C)ccc2C)cc1CC(=O)O. The van der Waals surface area contributed by atoms with E-state index in [1.54, 1.807) is 13.0 Å². The number of nitrogens with one attached hydrogen (secondary N) is 1. The van der Waals surface area contributed by atoms with E-state index < -0.39 is 16.0 Å². The molecule has 0 fully saturated rings. The van der Waals surface area contributed by atoms with Crippen molar-refractivity contribution in [1.29, 1.82) is 0 Å². The van der Waals surface area contributed by atoms with E-state index in [-0.39, 0.29) is 11.3 Å². The van der Waals surface area contributed by atoms with E-state index in [4.69, 9.17) is 9.84 Å². The van der Waals surface area contributed by atoms with E-state index in [9.17, 15) is 13.2 Å². The van der Waals surface area contributed by atoms with Crippen LogP contribution in [0, 0.1) is 13.8 Å². The van der Waals surface area contributed by atoms with Crippen LogP contribution in [0.4, 0.5) is 5.69 Å². The van der Waals surface area contributed by atoms with Crippen LogP contribution in [-0.2, 0) is 21.2 Å². The van der Waals surface area contributed by atoms with Gasteiger partial charge in [-0.3, -0.25) is 9.52 Å². The van der Waals surface area contributed by atoms with E-state index >= 15 is 0 Å². The average molecular weight is 349 g/mol. The monoisotopic (exact) mass is 349 g/mol. The molecular weight excluding hydrogens is 330 g/mol. The highest BCUT2D eigenvalue weighted by molar-refractivity contribution is 7.92. The average Bonchev–Trinajstić information content (AvgIpc) is 2.50. The smallest absolute Gasteiger partial charge is 0.307 e. The summed E-state index contributed by atoms with van der Waals surface area (Å²) < 4.78 is 32.8. The van der Waals surface area contributed by atoms with Gasteiger partial charge in [0, 0.05) is 5.56 Å². The first-order valence-corrected chi connectivity index (χ1v) is 8.70. The Kier molecular flexibility index (Phi) is 5.14. The van der Waals surface area contributed by atoms with E-state index in [0.29, 0.717) is 17.0 Å². The fourth-order valence-electron chi connectivity index (χ4n) is 2.27. The molecule has 0 spiro atoms. The number of hydrogen-bond donors (Lipinski definition) is 2. The minimum Gasteiger partial charge on any atom is -0.496 e. The molecule has 2 aromatic rings. The van der Waals surface area contributed by atoms with Crippen LogP contribution in [0.3, 0.4) is 0 Å². The van der Waals surface area contributed by atoms with Gasteiger partial charge in [0.1, 0.15) is 5.75 Å². The van der Waals surface area contributed by atoms with Crippen molar-refractivity contribution in [3.8, 4) is 5.75 Å². The molecule has 0 saturated heterocycles. The first-order valence-electron chi connectivity index (χ1n) is 7.21. The van der Waals surface area contributed by atoms with Crippen molar-refractivity contribution >= 4 is 21.7 Å². The lowest BCUT2D eigenvalue weighted by molar-refractivity contribution is -0.136. The maximum Gasteiger partial charge on any atom is 0.307 e. The van der Waals surface area contributed by atoms with Gasteiger partial charge in [-0.05, 0) is 49.2 Å². The zero-order chi connectivity index (χ0) is 17.9. The molecular formula is C17H19NO5S. The number of benzene rings is 2. The van der Waals surface area contributed by atoms with Crippen LogP contribution in [-0.4, -0.2) is 26.6 Å². The molecule has 0 unspecified atom stereocenters. The van der Waals surface area contributed by atoms with Crippen LogP contribution in [0.5, 0.6) is 5.75 Å². The molecule has 0 aromatic heterocycles. The van der Waals surface area contributed by atoms with Crippen LogP contribution < -0.4 is 9.46 Å². The lowest BCUT2D eigenvalue weighted by Gasteiger charge is -2.13. The highest BCUT2D eigenvalue weighted by Crippen LogP contribution is 2.26. The Balaban J connectivity index is 2.42. The Morgan fingerprint density at radius 1 is 1.17 bits per heavy atom. The minimum absolute atomic E-state index is 0.0135. The van der Waals surface area contributed by atoms with Gasteiger partial charge in [0.15, 0.2) is 0 Å². The highest BCUT2D eigenvalue weighted by atomic mass is 32.2. The summed E-state index contributed by atoms with van der Waals surface area (Å²) in [5.41, 5.74) is 2.52. The third-order valence-electron chi connectivity index (χ3n) is 3.54. The molecule has 0 aliphatic rings. The highest BCUT2D eigenvalue weighted by Gasteiger charge is 2.18. The number of aryl methyl sites for hydroxylation is 2. The van der Waals surface area contributed by atoms with Crippen molar-refractivity contribution in [2.24, 2.45) is 0 Å². The summed E-state index contributed by atoms with van der Waals surface area (Å²) in [6.45, 7) is 3.68. The minimum atomic E-state index is -3.83. The lowest BCUT2D eigenvalue weighted by Crippen LogP contribution is -2.15. The normalized spacial score (nSPS) is 11.1. The topological polar surface area (TPSA) is 92.7 Å². The molecule has 0 atom stereocenters. The number of hydrogen-bond acceptors (Lipinski definition) is 4. The van der Waals surface area contributed by atoms with E-state index in [1.807, 2.05) is 19.1 Å². The molecule has 2 rings (SSSR count). The molecule has 128 valence electrons. The molecule has 0 aliphatic carbocycles. The standard InChI is InChI=1S/C17H19NO5S/c1-11-4-5-12(2)15(8-11)18-24(21,22)14-6-7-16(23-3)13(9-14)10-17(19)20/h4-9,18H,10H2,1-3H3,(H,19,20). The van der Waals surface area contributed by atoms with Gasteiger partial charge in [0.25, 0.3) is 10.0 Å². The number of sulfonamides is 1. The fraction of sp³-hybridized carbons (Fsp3) is 0.235. The van der Waals surface area contributed by atoms with Crippen LogP contribution in [0.2, 0.25) is 0 Å². The van der Waals surface area contributed by atoms with Crippen LogP contribution in [0.15, 0.2) is 41.3 Å². The second-order valence-electron chi connectivity index (χ2n) is 5.47. The van der Waals surface area contributed by atoms with Gasteiger partial charge in [0.05, 0.1) is 24.1 Å². The zero-order valence-corrected chi connectivity index (χ0v) is 14.5. The van der Waals surface area contributed by atoms with E-state index in [1.165, 1.54) is 25.3 Å². The van der Waals surface area contributed by atoms with Crippen LogP contribution >= 0.6 is 0 Å². The Morgan fingerprint density at radius 2 is 1.88 bits per heavy atom. The Bertz CT molecular complexity index is 875. The van der Waals surface area contributed by atoms with Crippen molar-refractivity contribution in [3.05, 3.63) is 53.1 Å². The first kappa shape index (κ1) is 17.8. The van der Waals surface area contributed by atoms with E-state index in [0.717, 1.165) is 11.1 Å². The Hall–Kier alpha value is -2.54. The summed E-state index contributed by atoms with van der Waals surface area (Å²) >= 11 is 0. The lowest BCUT2D eigenvalue weighted by atomic mass is 10.1. The molecule has 2 aromatic carbocycles. The number of carboxylic acid groups (broad SMARTS) is 1. The van der Waals surface area contributed by atoms with Crippen molar-refractivity contribution < 1.29 is 23.1 Å². The Labute approximate surface area is 141 Å². The summed E-state index contributed by atoms with van der Waals surface area (Å²) in [4.78, 5) is 10.9. The molecule has 7 heteroatoms. The zero-order valence-electron chi connectivity index (χ0n) is 13.7. The molecule has 0 heterocycles. The van der Waals surface area contributed by atoms with Gasteiger partial charge in [-0.25, -0.2) is 8.42 Å². The van der Waals surface area contributed by atoms with Crippen molar-refractivity contribution in [2.75, 3.05) is 11.8 Å². The molecule has 6 nitrogen and oxygen atoms in total. The number of rotatable bonds is 6. The van der Waals surface area contributed by atoms with Crippen molar-refractivity contribution in [1.82, 2.24) is 0 Å². The third-order valence-corrected chi connectivity index (χ3v) is 4.90. The molecule has 24 heavy (non-hydrogen) atoms. The second kappa shape index (κ2) is 6.92. The predicted octanol–water partition coefficient (Wildman–Crippen LogP) is 2.74. The summed E-state index contributed by atoms with van der Waals surface area (Å²) in [6.07, 6.45) is -0.323. The van der Waals surface area contributed by atoms with Gasteiger partial charge < -0.3 is 9.84 Å². The third kappa shape index (κ3) is 4.05. The van der Waals surface area contributed by atoms with Gasteiger partial charge in [0.2, 0.25) is 0 Å². The van der Waals surface area contributed by atoms with Crippen molar-refractivity contribution in [3.63, 3.8) is 0 Å². The number of anilines is 1. The molecule has 0 bridgehead atoms. The molecule has 0 radical (unpaired) electrons. The number of ether oxygens (including phenoxy) is 1. The van der Waals surface area contributed by atoms with Gasteiger partial charge >= 0.3 is 5.97 Å². The summed E-state index contributed by atoms with van der Waals surface area (Å²) in [6, 6.07) is 9.63. The molecule has 2 N–H and O–H groups in total. The van der Waals surface area contributed by atoms with Gasteiger partial charge in [-0.2, -0.15) is 0 Å². The molecule has 0 aliphatic heterocycles. The number of carbonyl (C=O) groups is 1. The number of aliphatic carboxylic acids is 1. The predicted molar refractivity (Wildman–Crippen MR) is 91.1 cm³/mol. The second-order valence-corrected chi connectivity index (χ2v) is 7.15. The largest absolute Gasteiger partial charge is 0.496 e. The fourth-order valence-corrected chi connectivity index (χ4v) is 3.44. The maximum absolute atomic E-state index is 12.6. The molecule has 0 saturated carbocycles.